The first-order valence-electron chi connectivity index (χ1n) is 6.83. The summed E-state index contributed by atoms with van der Waals surface area (Å²) in [6.07, 6.45) is 2.38. The minimum Gasteiger partial charge on any atom is -0.368 e. The van der Waals surface area contributed by atoms with E-state index in [9.17, 15) is 4.79 Å². The molecule has 0 aliphatic rings. The molecule has 0 radical (unpaired) electrons. The van der Waals surface area contributed by atoms with E-state index in [1.165, 1.54) is 12.8 Å². The fourth-order valence-electron chi connectivity index (χ4n) is 2.00. The van der Waals surface area contributed by atoms with E-state index in [1.807, 2.05) is 6.92 Å². The molecule has 0 aliphatic heterocycles. The number of likely N-dealkylation sites (N-methyl/N-ethyl adjacent to an activating group) is 2. The van der Waals surface area contributed by atoms with Gasteiger partial charge in [-0.25, -0.2) is 0 Å². The normalized spacial score (nSPS) is 13.3. The van der Waals surface area contributed by atoms with Crippen LogP contribution in [0.2, 0.25) is 0 Å². The van der Waals surface area contributed by atoms with E-state index in [0.29, 0.717) is 5.92 Å². The van der Waals surface area contributed by atoms with Crippen LogP contribution in [0.3, 0.4) is 0 Å². The maximum atomic E-state index is 11.3. The van der Waals surface area contributed by atoms with E-state index in [-0.39, 0.29) is 11.9 Å². The van der Waals surface area contributed by atoms with Gasteiger partial charge in [-0.2, -0.15) is 0 Å². The topological polar surface area (TPSA) is 58.4 Å². The van der Waals surface area contributed by atoms with Crippen LogP contribution >= 0.6 is 0 Å². The first-order chi connectivity index (χ1) is 8.08. The number of amides is 1. The molecule has 4 nitrogen and oxygen atoms in total. The molecule has 0 aliphatic carbocycles. The van der Waals surface area contributed by atoms with Gasteiger partial charge in [-0.1, -0.05) is 40.5 Å². The fourth-order valence-corrected chi connectivity index (χ4v) is 2.00. The molecule has 0 rings (SSSR count). The third-order valence-electron chi connectivity index (χ3n) is 3.35. The van der Waals surface area contributed by atoms with Gasteiger partial charge in [0.2, 0.25) is 5.91 Å². The van der Waals surface area contributed by atoms with Crippen molar-refractivity contribution in [2.45, 2.75) is 46.6 Å². The summed E-state index contributed by atoms with van der Waals surface area (Å²) in [6, 6.07) is -0.227. The van der Waals surface area contributed by atoms with Crippen LogP contribution in [0.5, 0.6) is 0 Å². The molecule has 0 fully saturated rings. The van der Waals surface area contributed by atoms with E-state index in [2.05, 4.69) is 31.0 Å². The van der Waals surface area contributed by atoms with Crippen molar-refractivity contribution in [1.29, 1.82) is 0 Å². The highest BCUT2D eigenvalue weighted by molar-refractivity contribution is 5.80. The lowest BCUT2D eigenvalue weighted by molar-refractivity contribution is -0.120. The first-order valence-corrected chi connectivity index (χ1v) is 6.83. The second-order valence-electron chi connectivity index (χ2n) is 4.55. The van der Waals surface area contributed by atoms with Crippen molar-refractivity contribution in [3.63, 3.8) is 0 Å². The lowest BCUT2D eigenvalue weighted by Crippen LogP contribution is -2.49. The Hall–Kier alpha value is -0.610. The van der Waals surface area contributed by atoms with Gasteiger partial charge in [-0.05, 0) is 19.0 Å². The van der Waals surface area contributed by atoms with Crippen molar-refractivity contribution in [1.82, 2.24) is 10.2 Å². The number of carbonyl (C=O) groups excluding carboxylic acids is 1. The highest BCUT2D eigenvalue weighted by Gasteiger charge is 2.18. The molecule has 1 unspecified atom stereocenters. The molecule has 17 heavy (non-hydrogen) atoms. The zero-order valence-corrected chi connectivity index (χ0v) is 11.8. The summed E-state index contributed by atoms with van der Waals surface area (Å²) in [5, 5.41) is 3.14. The third kappa shape index (κ3) is 6.64. The maximum absolute atomic E-state index is 11.3. The molecule has 1 amide bonds. The summed E-state index contributed by atoms with van der Waals surface area (Å²) in [5.41, 5.74) is 5.39. The molecule has 0 aromatic carbocycles. The molecule has 4 heteroatoms. The molecule has 0 heterocycles. The highest BCUT2D eigenvalue weighted by Crippen LogP contribution is 2.10. The Morgan fingerprint density at radius 1 is 1.18 bits per heavy atom. The average molecular weight is 243 g/mol. The smallest absolute Gasteiger partial charge is 0.235 e. The quantitative estimate of drug-likeness (QED) is 0.606. The lowest BCUT2D eigenvalue weighted by Gasteiger charge is -2.28. The molecule has 0 aromatic heterocycles. The van der Waals surface area contributed by atoms with Crippen molar-refractivity contribution in [3.05, 3.63) is 0 Å². The van der Waals surface area contributed by atoms with Crippen LogP contribution in [0.15, 0.2) is 0 Å². The minimum absolute atomic E-state index is 0.227. The zero-order valence-electron chi connectivity index (χ0n) is 11.8. The molecule has 0 bridgehead atoms. The second kappa shape index (κ2) is 9.42. The molecular weight excluding hydrogens is 214 g/mol. The van der Waals surface area contributed by atoms with Gasteiger partial charge < -0.3 is 16.0 Å². The van der Waals surface area contributed by atoms with Crippen LogP contribution in [0.25, 0.3) is 0 Å². The number of rotatable bonds is 10. The molecular formula is C13H29N3O. The predicted molar refractivity (Wildman–Crippen MR) is 72.8 cm³/mol. The molecule has 0 saturated carbocycles. The number of hydrogen-bond acceptors (Lipinski definition) is 3. The van der Waals surface area contributed by atoms with Crippen LogP contribution in [0.4, 0.5) is 0 Å². The fraction of sp³-hybridized carbons (Fsp3) is 0.923. The summed E-state index contributed by atoms with van der Waals surface area (Å²) in [6.45, 7) is 12.1. The standard InChI is InChI=1S/C13H29N3O/c1-5-11(6-2)9-16(8-4)10-12(13(14)17)15-7-3/h11-12,15H,5-10H2,1-4H3,(H2,14,17). The van der Waals surface area contributed by atoms with Gasteiger partial charge >= 0.3 is 0 Å². The first kappa shape index (κ1) is 16.4. The summed E-state index contributed by atoms with van der Waals surface area (Å²) in [4.78, 5) is 13.6. The van der Waals surface area contributed by atoms with Crippen LogP contribution in [-0.2, 0) is 4.79 Å². The molecule has 3 N–H and O–H groups in total. The largest absolute Gasteiger partial charge is 0.368 e. The molecule has 0 saturated heterocycles. The van der Waals surface area contributed by atoms with Gasteiger partial charge in [-0.15, -0.1) is 0 Å². The minimum atomic E-state index is -0.255. The van der Waals surface area contributed by atoms with Gasteiger partial charge in [-0.3, -0.25) is 4.79 Å². The van der Waals surface area contributed by atoms with E-state index in [4.69, 9.17) is 5.73 Å². The van der Waals surface area contributed by atoms with Gasteiger partial charge in [0.25, 0.3) is 0 Å². The Morgan fingerprint density at radius 3 is 2.12 bits per heavy atom. The SMILES string of the molecule is CCNC(CN(CC)CC(CC)CC)C(N)=O. The zero-order chi connectivity index (χ0) is 13.3. The van der Waals surface area contributed by atoms with Crippen molar-refractivity contribution in [3.8, 4) is 0 Å². The summed E-state index contributed by atoms with van der Waals surface area (Å²) >= 11 is 0. The van der Waals surface area contributed by atoms with E-state index in [0.717, 1.165) is 26.2 Å². The lowest BCUT2D eigenvalue weighted by atomic mass is 10.0. The van der Waals surface area contributed by atoms with Gasteiger partial charge in [0.05, 0.1) is 6.04 Å². The predicted octanol–water partition coefficient (Wildman–Crippen LogP) is 1.21. The molecule has 102 valence electrons. The highest BCUT2D eigenvalue weighted by atomic mass is 16.1. The number of nitrogens with zero attached hydrogens (tertiary/aromatic N) is 1. The second-order valence-corrected chi connectivity index (χ2v) is 4.55. The van der Waals surface area contributed by atoms with Gasteiger partial charge in [0.15, 0.2) is 0 Å². The Bertz CT molecular complexity index is 205. The van der Waals surface area contributed by atoms with Crippen molar-refractivity contribution < 1.29 is 4.79 Å². The summed E-state index contributed by atoms with van der Waals surface area (Å²) < 4.78 is 0. The number of hydrogen-bond donors (Lipinski definition) is 2. The summed E-state index contributed by atoms with van der Waals surface area (Å²) in [7, 11) is 0. The Balaban J connectivity index is 4.29. The van der Waals surface area contributed by atoms with Crippen LogP contribution < -0.4 is 11.1 Å². The molecule has 1 atom stereocenters. The third-order valence-corrected chi connectivity index (χ3v) is 3.35. The Labute approximate surface area is 106 Å². The van der Waals surface area contributed by atoms with Crippen molar-refractivity contribution >= 4 is 5.91 Å². The van der Waals surface area contributed by atoms with Gasteiger partial charge in [0, 0.05) is 13.1 Å². The van der Waals surface area contributed by atoms with Crippen LogP contribution in [-0.4, -0.2) is 43.0 Å². The average Bonchev–Trinajstić information content (AvgIpc) is 2.32. The Morgan fingerprint density at radius 2 is 1.76 bits per heavy atom. The number of carbonyl (C=O) groups is 1. The summed E-state index contributed by atoms with van der Waals surface area (Å²) in [5.74, 6) is 0.458. The van der Waals surface area contributed by atoms with Crippen molar-refractivity contribution in [2.24, 2.45) is 11.7 Å². The van der Waals surface area contributed by atoms with E-state index in [1.54, 1.807) is 0 Å². The number of nitrogens with one attached hydrogen (secondary N) is 1. The maximum Gasteiger partial charge on any atom is 0.235 e. The Kier molecular flexibility index (Phi) is 9.09. The van der Waals surface area contributed by atoms with Crippen LogP contribution in [0, 0.1) is 5.92 Å². The van der Waals surface area contributed by atoms with Crippen molar-refractivity contribution in [2.75, 3.05) is 26.2 Å². The number of primary amides is 1. The van der Waals surface area contributed by atoms with E-state index >= 15 is 0 Å². The number of nitrogens with two attached hydrogens (primary N) is 1. The van der Waals surface area contributed by atoms with Gasteiger partial charge in [0.1, 0.15) is 0 Å². The molecule has 0 spiro atoms. The van der Waals surface area contributed by atoms with Crippen LogP contribution in [0.1, 0.15) is 40.5 Å². The van der Waals surface area contributed by atoms with E-state index < -0.39 is 0 Å². The molecule has 0 aromatic rings. The monoisotopic (exact) mass is 243 g/mol.